The van der Waals surface area contributed by atoms with E-state index in [-0.39, 0.29) is 6.04 Å². The van der Waals surface area contributed by atoms with Crippen molar-refractivity contribution in [3.8, 4) is 5.75 Å². The van der Waals surface area contributed by atoms with Crippen LogP contribution in [0.15, 0.2) is 46.9 Å². The molecule has 2 N–H and O–H groups in total. The average Bonchev–Trinajstić information content (AvgIpc) is 2.48. The third kappa shape index (κ3) is 5.03. The van der Waals surface area contributed by atoms with Gasteiger partial charge in [-0.2, -0.15) is 0 Å². The SMILES string of the molecule is CCC(N)Cc1cc(OCc2cccc(Cl)c2)ccc1Br. The predicted molar refractivity (Wildman–Crippen MR) is 91.9 cm³/mol. The molecule has 0 heterocycles. The van der Waals surface area contributed by atoms with Crippen molar-refractivity contribution in [3.05, 3.63) is 63.1 Å². The lowest BCUT2D eigenvalue weighted by molar-refractivity contribution is 0.306. The molecule has 0 aromatic heterocycles. The Kier molecular flexibility index (Phi) is 6.09. The van der Waals surface area contributed by atoms with Gasteiger partial charge >= 0.3 is 0 Å². The maximum absolute atomic E-state index is 6.03. The van der Waals surface area contributed by atoms with Crippen LogP contribution in [0, 0.1) is 0 Å². The fourth-order valence-electron chi connectivity index (χ4n) is 2.02. The van der Waals surface area contributed by atoms with E-state index in [1.165, 1.54) is 5.56 Å². The molecule has 1 unspecified atom stereocenters. The second kappa shape index (κ2) is 7.83. The smallest absolute Gasteiger partial charge is 0.120 e. The molecule has 112 valence electrons. The molecule has 2 aromatic carbocycles. The lowest BCUT2D eigenvalue weighted by Gasteiger charge is -2.13. The van der Waals surface area contributed by atoms with Gasteiger partial charge in [-0.3, -0.25) is 0 Å². The summed E-state index contributed by atoms with van der Waals surface area (Å²) in [6, 6.07) is 13.9. The normalized spacial score (nSPS) is 12.2. The fourth-order valence-corrected chi connectivity index (χ4v) is 2.64. The van der Waals surface area contributed by atoms with Gasteiger partial charge in [-0.25, -0.2) is 0 Å². The summed E-state index contributed by atoms with van der Waals surface area (Å²) in [6.45, 7) is 2.60. The van der Waals surface area contributed by atoms with Crippen molar-refractivity contribution in [2.45, 2.75) is 32.4 Å². The molecule has 0 bridgehead atoms. The molecule has 2 nitrogen and oxygen atoms in total. The van der Waals surface area contributed by atoms with E-state index in [9.17, 15) is 0 Å². The van der Waals surface area contributed by atoms with E-state index in [4.69, 9.17) is 22.1 Å². The van der Waals surface area contributed by atoms with E-state index in [2.05, 4.69) is 22.9 Å². The molecule has 2 rings (SSSR count). The highest BCUT2D eigenvalue weighted by molar-refractivity contribution is 9.10. The summed E-state index contributed by atoms with van der Waals surface area (Å²) in [6.07, 6.45) is 1.80. The minimum atomic E-state index is 0.171. The summed E-state index contributed by atoms with van der Waals surface area (Å²) < 4.78 is 6.91. The molecule has 0 aliphatic rings. The first kappa shape index (κ1) is 16.3. The van der Waals surface area contributed by atoms with Crippen LogP contribution in [0.1, 0.15) is 24.5 Å². The molecule has 2 aromatic rings. The number of rotatable bonds is 6. The van der Waals surface area contributed by atoms with Crippen molar-refractivity contribution in [1.82, 2.24) is 0 Å². The molecule has 0 fully saturated rings. The standard InChI is InChI=1S/C17H19BrClNO/c1-2-15(20)9-13-10-16(6-7-17(13)18)21-11-12-4-3-5-14(19)8-12/h3-8,10,15H,2,9,11,20H2,1H3. The predicted octanol–water partition coefficient (Wildman–Crippen LogP) is 4.96. The first-order valence-electron chi connectivity index (χ1n) is 6.99. The highest BCUT2D eigenvalue weighted by Crippen LogP contribution is 2.25. The van der Waals surface area contributed by atoms with E-state index in [0.29, 0.717) is 6.61 Å². The van der Waals surface area contributed by atoms with Crippen molar-refractivity contribution in [2.75, 3.05) is 0 Å². The number of hydrogen-bond donors (Lipinski definition) is 1. The lowest BCUT2D eigenvalue weighted by Crippen LogP contribution is -2.21. The quantitative estimate of drug-likeness (QED) is 0.782. The molecule has 1 atom stereocenters. The van der Waals surface area contributed by atoms with Crippen LogP contribution < -0.4 is 10.5 Å². The Morgan fingerprint density at radius 3 is 2.76 bits per heavy atom. The Morgan fingerprint density at radius 1 is 1.24 bits per heavy atom. The third-order valence-electron chi connectivity index (χ3n) is 3.32. The van der Waals surface area contributed by atoms with E-state index in [0.717, 1.165) is 33.6 Å². The van der Waals surface area contributed by atoms with Crippen molar-refractivity contribution in [3.63, 3.8) is 0 Å². The highest BCUT2D eigenvalue weighted by atomic mass is 79.9. The van der Waals surface area contributed by atoms with Crippen molar-refractivity contribution >= 4 is 27.5 Å². The molecule has 0 radical (unpaired) electrons. The van der Waals surface area contributed by atoms with Crippen LogP contribution in [-0.4, -0.2) is 6.04 Å². The number of ether oxygens (including phenoxy) is 1. The first-order valence-corrected chi connectivity index (χ1v) is 8.17. The second-order valence-corrected chi connectivity index (χ2v) is 6.34. The topological polar surface area (TPSA) is 35.2 Å². The molecule has 21 heavy (non-hydrogen) atoms. The second-order valence-electron chi connectivity index (χ2n) is 5.04. The van der Waals surface area contributed by atoms with Crippen LogP contribution in [0.5, 0.6) is 5.75 Å². The van der Waals surface area contributed by atoms with Crippen molar-refractivity contribution in [2.24, 2.45) is 5.73 Å². The molecule has 4 heteroatoms. The van der Waals surface area contributed by atoms with Gasteiger partial charge in [0.15, 0.2) is 0 Å². The summed E-state index contributed by atoms with van der Waals surface area (Å²) >= 11 is 9.54. The van der Waals surface area contributed by atoms with Gasteiger partial charge in [0, 0.05) is 15.5 Å². The van der Waals surface area contributed by atoms with Crippen molar-refractivity contribution in [1.29, 1.82) is 0 Å². The van der Waals surface area contributed by atoms with Gasteiger partial charge in [-0.15, -0.1) is 0 Å². The zero-order valence-electron chi connectivity index (χ0n) is 12.0. The highest BCUT2D eigenvalue weighted by Gasteiger charge is 2.07. The summed E-state index contributed by atoms with van der Waals surface area (Å²) in [5.74, 6) is 0.844. The van der Waals surface area contributed by atoms with E-state index in [1.54, 1.807) is 0 Å². The van der Waals surface area contributed by atoms with Gasteiger partial charge in [0.25, 0.3) is 0 Å². The Hall–Kier alpha value is -1.03. The van der Waals surface area contributed by atoms with Crippen LogP contribution in [0.25, 0.3) is 0 Å². The zero-order valence-corrected chi connectivity index (χ0v) is 14.3. The minimum Gasteiger partial charge on any atom is -0.489 e. The van der Waals surface area contributed by atoms with Crippen LogP contribution in [0.4, 0.5) is 0 Å². The molecule has 0 spiro atoms. The Balaban J connectivity index is 2.05. The molecule has 0 amide bonds. The molecule has 0 saturated carbocycles. The van der Waals surface area contributed by atoms with Gasteiger partial charge < -0.3 is 10.5 Å². The Labute approximate surface area is 139 Å². The van der Waals surface area contributed by atoms with Crippen LogP contribution >= 0.6 is 27.5 Å². The number of hydrogen-bond acceptors (Lipinski definition) is 2. The van der Waals surface area contributed by atoms with Gasteiger partial charge in [-0.05, 0) is 54.3 Å². The molecular formula is C17H19BrClNO. The summed E-state index contributed by atoms with van der Waals surface area (Å²) in [5.41, 5.74) is 8.26. The van der Waals surface area contributed by atoms with Crippen LogP contribution in [0.3, 0.4) is 0 Å². The lowest BCUT2D eigenvalue weighted by atomic mass is 10.0. The zero-order chi connectivity index (χ0) is 15.2. The van der Waals surface area contributed by atoms with Gasteiger partial charge in [0.1, 0.15) is 12.4 Å². The van der Waals surface area contributed by atoms with Crippen LogP contribution in [-0.2, 0) is 13.0 Å². The Morgan fingerprint density at radius 2 is 2.05 bits per heavy atom. The third-order valence-corrected chi connectivity index (χ3v) is 4.33. The van der Waals surface area contributed by atoms with E-state index < -0.39 is 0 Å². The largest absolute Gasteiger partial charge is 0.489 e. The molecule has 0 saturated heterocycles. The number of halogens is 2. The first-order chi connectivity index (χ1) is 10.1. The maximum Gasteiger partial charge on any atom is 0.120 e. The van der Waals surface area contributed by atoms with E-state index >= 15 is 0 Å². The van der Waals surface area contributed by atoms with Crippen molar-refractivity contribution < 1.29 is 4.74 Å². The Bertz CT molecular complexity index is 603. The van der Waals surface area contributed by atoms with E-state index in [1.807, 2.05) is 42.5 Å². The summed E-state index contributed by atoms with van der Waals surface area (Å²) in [7, 11) is 0. The van der Waals surface area contributed by atoms with Gasteiger partial charge in [0.05, 0.1) is 0 Å². The summed E-state index contributed by atoms with van der Waals surface area (Å²) in [5, 5.41) is 0.724. The van der Waals surface area contributed by atoms with Gasteiger partial charge in [-0.1, -0.05) is 46.6 Å². The summed E-state index contributed by atoms with van der Waals surface area (Å²) in [4.78, 5) is 0. The molecule has 0 aliphatic heterocycles. The fraction of sp³-hybridized carbons (Fsp3) is 0.294. The minimum absolute atomic E-state index is 0.171. The maximum atomic E-state index is 6.03. The molecular weight excluding hydrogens is 350 g/mol. The van der Waals surface area contributed by atoms with Crippen LogP contribution in [0.2, 0.25) is 5.02 Å². The number of benzene rings is 2. The monoisotopic (exact) mass is 367 g/mol. The number of nitrogens with two attached hydrogens (primary N) is 1. The molecule has 0 aliphatic carbocycles. The average molecular weight is 369 g/mol. The van der Waals surface area contributed by atoms with Gasteiger partial charge in [0.2, 0.25) is 0 Å².